The summed E-state index contributed by atoms with van der Waals surface area (Å²) in [7, 11) is 0. The van der Waals surface area contributed by atoms with Gasteiger partial charge in [0.25, 0.3) is 5.91 Å². The molecule has 1 fully saturated rings. The van der Waals surface area contributed by atoms with Crippen LogP contribution >= 0.6 is 0 Å². The van der Waals surface area contributed by atoms with Crippen LogP contribution in [0.4, 0.5) is 0 Å². The van der Waals surface area contributed by atoms with Gasteiger partial charge < -0.3 is 10.4 Å². The van der Waals surface area contributed by atoms with E-state index in [1.807, 2.05) is 31.5 Å². The predicted molar refractivity (Wildman–Crippen MR) is 97.7 cm³/mol. The van der Waals surface area contributed by atoms with Gasteiger partial charge in [-0.05, 0) is 38.2 Å². The van der Waals surface area contributed by atoms with Crippen molar-refractivity contribution < 1.29 is 9.90 Å². The van der Waals surface area contributed by atoms with Crippen LogP contribution in [0.25, 0.3) is 11.0 Å². The molecular weight excluding hydrogens is 316 g/mol. The first kappa shape index (κ1) is 17.9. The molecule has 0 bridgehead atoms. The van der Waals surface area contributed by atoms with E-state index in [2.05, 4.69) is 24.3 Å². The predicted octanol–water partition coefficient (Wildman–Crippen LogP) is 3.03. The van der Waals surface area contributed by atoms with Crippen molar-refractivity contribution in [1.82, 2.24) is 20.1 Å². The van der Waals surface area contributed by atoms with Gasteiger partial charge in [-0.25, -0.2) is 9.67 Å². The number of hydrogen-bond acceptors (Lipinski definition) is 4. The molecule has 6 nitrogen and oxygen atoms in total. The number of carbonyl (C=O) groups is 1. The molecular formula is C19H28N4O2. The monoisotopic (exact) mass is 344 g/mol. The number of amides is 1. The van der Waals surface area contributed by atoms with Gasteiger partial charge >= 0.3 is 0 Å². The van der Waals surface area contributed by atoms with Crippen LogP contribution in [0, 0.1) is 5.41 Å². The largest absolute Gasteiger partial charge is 0.391 e. The average molecular weight is 344 g/mol. The summed E-state index contributed by atoms with van der Waals surface area (Å²) in [6, 6.07) is 2.07. The molecule has 1 aliphatic rings. The number of aliphatic hydroxyl groups excluding tert-OH is 1. The first-order valence-corrected chi connectivity index (χ1v) is 9.03. The van der Waals surface area contributed by atoms with Crippen molar-refractivity contribution in [3.63, 3.8) is 0 Å². The van der Waals surface area contributed by atoms with Gasteiger partial charge in [-0.1, -0.05) is 20.8 Å². The third kappa shape index (κ3) is 3.68. The van der Waals surface area contributed by atoms with Gasteiger partial charge in [0, 0.05) is 24.2 Å². The quantitative estimate of drug-likeness (QED) is 0.874. The summed E-state index contributed by atoms with van der Waals surface area (Å²) in [5.74, 6) is 0.271. The minimum atomic E-state index is -0.602. The lowest BCUT2D eigenvalue weighted by molar-refractivity contribution is 0.0587. The second-order valence-corrected chi connectivity index (χ2v) is 8.38. The number of hydrogen-bond donors (Lipinski definition) is 2. The summed E-state index contributed by atoms with van der Waals surface area (Å²) in [6.45, 7) is 10.2. The summed E-state index contributed by atoms with van der Waals surface area (Å²) < 4.78 is 1.86. The van der Waals surface area contributed by atoms with Crippen LogP contribution in [0.2, 0.25) is 0 Å². The zero-order valence-electron chi connectivity index (χ0n) is 15.7. The molecule has 1 unspecified atom stereocenters. The van der Waals surface area contributed by atoms with Crippen LogP contribution in [0.3, 0.4) is 0 Å². The normalized spacial score (nSPS) is 16.4. The number of aliphatic hydroxyl groups is 1. The zero-order valence-corrected chi connectivity index (χ0v) is 15.7. The smallest absolute Gasteiger partial charge is 0.252 e. The highest BCUT2D eigenvalue weighted by molar-refractivity contribution is 6.05. The lowest BCUT2D eigenvalue weighted by atomic mass is 9.89. The first-order valence-electron chi connectivity index (χ1n) is 9.03. The van der Waals surface area contributed by atoms with E-state index in [-0.39, 0.29) is 23.9 Å². The maximum absolute atomic E-state index is 12.8. The second kappa shape index (κ2) is 6.41. The first-order chi connectivity index (χ1) is 11.7. The molecule has 1 amide bonds. The Hall–Kier alpha value is -1.95. The van der Waals surface area contributed by atoms with E-state index in [0.717, 1.165) is 29.6 Å². The molecule has 2 heterocycles. The Labute approximate surface area is 148 Å². The average Bonchev–Trinajstić information content (AvgIpc) is 3.29. The van der Waals surface area contributed by atoms with Gasteiger partial charge in [-0.2, -0.15) is 5.10 Å². The number of rotatable bonds is 5. The number of fused-ring (bicyclic) bond motifs is 1. The van der Waals surface area contributed by atoms with E-state index >= 15 is 0 Å². The lowest BCUT2D eigenvalue weighted by Crippen LogP contribution is -2.39. The van der Waals surface area contributed by atoms with E-state index in [4.69, 9.17) is 4.98 Å². The molecule has 1 atom stereocenters. The molecule has 136 valence electrons. The molecule has 0 radical (unpaired) electrons. The summed E-state index contributed by atoms with van der Waals surface area (Å²) >= 11 is 0. The maximum Gasteiger partial charge on any atom is 0.252 e. The van der Waals surface area contributed by atoms with Crippen LogP contribution in [-0.2, 0) is 0 Å². The molecule has 2 aromatic rings. The molecule has 6 heteroatoms. The lowest BCUT2D eigenvalue weighted by Gasteiger charge is -2.25. The highest BCUT2D eigenvalue weighted by Crippen LogP contribution is 2.40. The zero-order chi connectivity index (χ0) is 18.4. The van der Waals surface area contributed by atoms with Crippen LogP contribution in [-0.4, -0.2) is 38.4 Å². The Kier molecular flexibility index (Phi) is 4.58. The second-order valence-electron chi connectivity index (χ2n) is 8.38. The van der Waals surface area contributed by atoms with E-state index in [1.54, 1.807) is 6.20 Å². The molecule has 2 aromatic heterocycles. The molecule has 0 aromatic carbocycles. The number of nitrogens with one attached hydrogen (secondary N) is 1. The Balaban J connectivity index is 1.93. The van der Waals surface area contributed by atoms with Gasteiger partial charge in [0.2, 0.25) is 0 Å². The molecule has 2 N–H and O–H groups in total. The Morgan fingerprint density at radius 1 is 1.40 bits per heavy atom. The van der Waals surface area contributed by atoms with Crippen LogP contribution in [0.5, 0.6) is 0 Å². The fraction of sp³-hybridized carbons (Fsp3) is 0.632. The third-order valence-electron chi connectivity index (χ3n) is 4.77. The van der Waals surface area contributed by atoms with E-state index in [0.29, 0.717) is 11.5 Å². The van der Waals surface area contributed by atoms with Crippen molar-refractivity contribution in [2.75, 3.05) is 6.54 Å². The van der Waals surface area contributed by atoms with E-state index in [1.165, 1.54) is 0 Å². The standard InChI is InChI=1S/C19H28N4O2/c1-11(2)23-17-14(9-21-23)13(8-15(22-17)12-6-7-12)18(25)20-10-16(24)19(3,4)5/h8-9,11-12,16,24H,6-7,10H2,1-5H3,(H,20,25). The SMILES string of the molecule is CC(C)n1ncc2c(C(=O)NCC(O)C(C)(C)C)cc(C3CC3)nc21. The summed E-state index contributed by atoms with van der Waals surface area (Å²) in [6.07, 6.45) is 3.36. The number of nitrogens with zero attached hydrogens (tertiary/aromatic N) is 3. The van der Waals surface area contributed by atoms with Crippen molar-refractivity contribution in [2.24, 2.45) is 5.41 Å². The molecule has 3 rings (SSSR count). The topological polar surface area (TPSA) is 80.0 Å². The fourth-order valence-electron chi connectivity index (χ4n) is 2.78. The minimum absolute atomic E-state index is 0.179. The molecule has 0 spiro atoms. The number of carbonyl (C=O) groups excluding carboxylic acids is 1. The van der Waals surface area contributed by atoms with Crippen molar-refractivity contribution in [3.05, 3.63) is 23.5 Å². The third-order valence-corrected chi connectivity index (χ3v) is 4.77. The van der Waals surface area contributed by atoms with E-state index in [9.17, 15) is 9.90 Å². The highest BCUT2D eigenvalue weighted by Gasteiger charge is 2.29. The Bertz CT molecular complexity index is 785. The molecule has 0 saturated heterocycles. The van der Waals surface area contributed by atoms with Crippen LogP contribution < -0.4 is 5.32 Å². The summed E-state index contributed by atoms with van der Waals surface area (Å²) in [5.41, 5.74) is 2.06. The summed E-state index contributed by atoms with van der Waals surface area (Å²) in [5, 5.41) is 18.2. The van der Waals surface area contributed by atoms with Gasteiger partial charge in [0.15, 0.2) is 5.65 Å². The van der Waals surface area contributed by atoms with Gasteiger partial charge in [-0.3, -0.25) is 4.79 Å². The Morgan fingerprint density at radius 3 is 2.64 bits per heavy atom. The summed E-state index contributed by atoms with van der Waals surface area (Å²) in [4.78, 5) is 17.5. The van der Waals surface area contributed by atoms with Gasteiger partial charge in [0.05, 0.1) is 23.3 Å². The van der Waals surface area contributed by atoms with Crippen LogP contribution in [0.15, 0.2) is 12.3 Å². The van der Waals surface area contributed by atoms with Crippen molar-refractivity contribution in [1.29, 1.82) is 0 Å². The van der Waals surface area contributed by atoms with Crippen LogP contribution in [0.1, 0.15) is 75.5 Å². The van der Waals surface area contributed by atoms with Crippen molar-refractivity contribution in [2.45, 2.75) is 65.5 Å². The fourth-order valence-corrected chi connectivity index (χ4v) is 2.78. The maximum atomic E-state index is 12.8. The van der Waals surface area contributed by atoms with Crippen molar-refractivity contribution >= 4 is 16.9 Å². The number of pyridine rings is 1. The molecule has 1 aliphatic carbocycles. The van der Waals surface area contributed by atoms with Gasteiger partial charge in [-0.15, -0.1) is 0 Å². The molecule has 25 heavy (non-hydrogen) atoms. The molecule has 0 aliphatic heterocycles. The Morgan fingerprint density at radius 2 is 2.08 bits per heavy atom. The van der Waals surface area contributed by atoms with Gasteiger partial charge in [0.1, 0.15) is 0 Å². The molecule has 1 saturated carbocycles. The highest BCUT2D eigenvalue weighted by atomic mass is 16.3. The number of aromatic nitrogens is 3. The van der Waals surface area contributed by atoms with E-state index < -0.39 is 6.10 Å². The minimum Gasteiger partial charge on any atom is -0.391 e. The van der Waals surface area contributed by atoms with Crippen molar-refractivity contribution in [3.8, 4) is 0 Å².